The Morgan fingerprint density at radius 1 is 1.26 bits per heavy atom. The minimum atomic E-state index is 0.648. The summed E-state index contributed by atoms with van der Waals surface area (Å²) in [5, 5.41) is 3.58. The molecular formula is C17H26N2. The molecule has 1 fully saturated rings. The lowest BCUT2D eigenvalue weighted by Gasteiger charge is -2.32. The van der Waals surface area contributed by atoms with E-state index in [0.29, 0.717) is 12.1 Å². The van der Waals surface area contributed by atoms with Gasteiger partial charge < -0.3 is 10.2 Å². The van der Waals surface area contributed by atoms with Crippen LogP contribution in [0.25, 0.3) is 0 Å². The lowest BCUT2D eigenvalue weighted by molar-refractivity contribution is 0.373. The van der Waals surface area contributed by atoms with Gasteiger partial charge in [-0.1, -0.05) is 31.0 Å². The zero-order valence-corrected chi connectivity index (χ0v) is 12.2. The Morgan fingerprint density at radius 2 is 2.00 bits per heavy atom. The van der Waals surface area contributed by atoms with Gasteiger partial charge in [-0.3, -0.25) is 0 Å². The first-order valence-corrected chi connectivity index (χ1v) is 7.81. The topological polar surface area (TPSA) is 15.3 Å². The van der Waals surface area contributed by atoms with Gasteiger partial charge in [0.2, 0.25) is 0 Å². The summed E-state index contributed by atoms with van der Waals surface area (Å²) in [6.07, 6.45) is 6.88. The number of anilines is 1. The zero-order chi connectivity index (χ0) is 13.2. The van der Waals surface area contributed by atoms with Crippen LogP contribution >= 0.6 is 0 Å². The molecule has 0 bridgehead atoms. The zero-order valence-electron chi connectivity index (χ0n) is 12.2. The van der Waals surface area contributed by atoms with E-state index in [1.807, 2.05) is 0 Å². The number of benzene rings is 1. The molecule has 2 nitrogen and oxygen atoms in total. The Bertz CT molecular complexity index is 423. The van der Waals surface area contributed by atoms with Crippen LogP contribution in [0.1, 0.15) is 38.2 Å². The molecule has 0 radical (unpaired) electrons. The summed E-state index contributed by atoms with van der Waals surface area (Å²) in [6, 6.07) is 10.2. The molecule has 104 valence electrons. The third kappa shape index (κ3) is 2.51. The van der Waals surface area contributed by atoms with E-state index in [1.165, 1.54) is 49.9 Å². The van der Waals surface area contributed by atoms with Crippen LogP contribution in [0.5, 0.6) is 0 Å². The van der Waals surface area contributed by atoms with Gasteiger partial charge in [0.15, 0.2) is 0 Å². The van der Waals surface area contributed by atoms with Crippen LogP contribution in [0, 0.1) is 5.92 Å². The second-order valence-electron chi connectivity index (χ2n) is 6.27. The van der Waals surface area contributed by atoms with Crippen molar-refractivity contribution in [3.05, 3.63) is 29.8 Å². The predicted octanol–water partition coefficient (Wildman–Crippen LogP) is 3.22. The molecular weight excluding hydrogens is 232 g/mol. The van der Waals surface area contributed by atoms with Crippen LogP contribution in [0.2, 0.25) is 0 Å². The second kappa shape index (κ2) is 5.54. The van der Waals surface area contributed by atoms with Crippen LogP contribution in [-0.2, 0) is 6.42 Å². The predicted molar refractivity (Wildman–Crippen MR) is 81.8 cm³/mol. The molecule has 0 spiro atoms. The van der Waals surface area contributed by atoms with Crippen molar-refractivity contribution in [2.45, 2.75) is 51.1 Å². The Labute approximate surface area is 117 Å². The summed E-state index contributed by atoms with van der Waals surface area (Å²) >= 11 is 0. The van der Waals surface area contributed by atoms with E-state index in [0.717, 1.165) is 5.92 Å². The molecule has 2 aliphatic rings. The fraction of sp³-hybridized carbons (Fsp3) is 0.647. The van der Waals surface area contributed by atoms with Gasteiger partial charge >= 0.3 is 0 Å². The van der Waals surface area contributed by atoms with E-state index >= 15 is 0 Å². The van der Waals surface area contributed by atoms with Crippen LogP contribution in [-0.4, -0.2) is 25.7 Å². The van der Waals surface area contributed by atoms with Crippen LogP contribution in [0.3, 0.4) is 0 Å². The molecule has 1 aliphatic carbocycles. The number of fused-ring (bicyclic) bond motifs is 1. The number of rotatable bonds is 4. The molecule has 0 amide bonds. The average Bonchev–Trinajstić information content (AvgIpc) is 3.04. The number of likely N-dealkylation sites (N-methyl/N-ethyl adjacent to an activating group) is 1. The highest BCUT2D eigenvalue weighted by Gasteiger charge is 2.31. The molecule has 0 aromatic heterocycles. The van der Waals surface area contributed by atoms with Gasteiger partial charge in [0.1, 0.15) is 0 Å². The van der Waals surface area contributed by atoms with Gasteiger partial charge in [0.25, 0.3) is 0 Å². The number of nitrogens with one attached hydrogen (secondary N) is 1. The SMILES string of the molecule is CNC(CN1c2ccccc2CC1C)C1CCCC1. The molecule has 2 atom stereocenters. The molecule has 1 heterocycles. The Hall–Kier alpha value is -1.02. The smallest absolute Gasteiger partial charge is 0.0402 e. The maximum Gasteiger partial charge on any atom is 0.0402 e. The van der Waals surface area contributed by atoms with Crippen molar-refractivity contribution in [3.8, 4) is 0 Å². The first-order chi connectivity index (χ1) is 9.29. The molecule has 2 heteroatoms. The van der Waals surface area contributed by atoms with E-state index in [-0.39, 0.29) is 0 Å². The third-order valence-electron chi connectivity index (χ3n) is 5.08. The third-order valence-corrected chi connectivity index (χ3v) is 5.08. The Balaban J connectivity index is 1.74. The highest BCUT2D eigenvalue weighted by molar-refractivity contribution is 5.59. The minimum Gasteiger partial charge on any atom is -0.367 e. The summed E-state index contributed by atoms with van der Waals surface area (Å²) in [6.45, 7) is 3.53. The Kier molecular flexibility index (Phi) is 3.79. The van der Waals surface area contributed by atoms with Crippen molar-refractivity contribution in [2.75, 3.05) is 18.5 Å². The highest BCUT2D eigenvalue weighted by Crippen LogP contribution is 2.34. The van der Waals surface area contributed by atoms with Crippen LogP contribution in [0.4, 0.5) is 5.69 Å². The van der Waals surface area contributed by atoms with E-state index in [9.17, 15) is 0 Å². The molecule has 1 saturated carbocycles. The second-order valence-corrected chi connectivity index (χ2v) is 6.27. The molecule has 1 aromatic rings. The van der Waals surface area contributed by atoms with Crippen molar-refractivity contribution in [2.24, 2.45) is 5.92 Å². The van der Waals surface area contributed by atoms with Gasteiger partial charge in [-0.25, -0.2) is 0 Å². The lowest BCUT2D eigenvalue weighted by atomic mass is 9.97. The molecule has 19 heavy (non-hydrogen) atoms. The van der Waals surface area contributed by atoms with Crippen molar-refractivity contribution >= 4 is 5.69 Å². The van der Waals surface area contributed by atoms with Gasteiger partial charge in [-0.2, -0.15) is 0 Å². The average molecular weight is 258 g/mol. The van der Waals surface area contributed by atoms with Gasteiger partial charge in [-0.15, -0.1) is 0 Å². The number of hydrogen-bond donors (Lipinski definition) is 1. The normalized spacial score (nSPS) is 24.7. The molecule has 0 saturated heterocycles. The van der Waals surface area contributed by atoms with Crippen LogP contribution < -0.4 is 10.2 Å². The number of nitrogens with zero attached hydrogens (tertiary/aromatic N) is 1. The lowest BCUT2D eigenvalue weighted by Crippen LogP contribution is -2.45. The fourth-order valence-corrected chi connectivity index (χ4v) is 3.96. The number of para-hydroxylation sites is 1. The standard InChI is InChI=1S/C17H26N2/c1-13-11-15-9-5-6-10-17(15)19(13)12-16(18-2)14-7-3-4-8-14/h5-6,9-10,13-14,16,18H,3-4,7-8,11-12H2,1-2H3. The van der Waals surface area contributed by atoms with Crippen molar-refractivity contribution in [1.82, 2.24) is 5.32 Å². The molecule has 2 unspecified atom stereocenters. The number of hydrogen-bond acceptors (Lipinski definition) is 2. The van der Waals surface area contributed by atoms with Gasteiger partial charge in [0.05, 0.1) is 0 Å². The monoisotopic (exact) mass is 258 g/mol. The molecule has 1 aliphatic heterocycles. The van der Waals surface area contributed by atoms with Crippen molar-refractivity contribution in [3.63, 3.8) is 0 Å². The van der Waals surface area contributed by atoms with Crippen molar-refractivity contribution in [1.29, 1.82) is 0 Å². The van der Waals surface area contributed by atoms with Gasteiger partial charge in [-0.05, 0) is 50.8 Å². The highest BCUT2D eigenvalue weighted by atomic mass is 15.2. The molecule has 1 N–H and O–H groups in total. The van der Waals surface area contributed by atoms with Crippen LogP contribution in [0.15, 0.2) is 24.3 Å². The first-order valence-electron chi connectivity index (χ1n) is 7.81. The fourth-order valence-electron chi connectivity index (χ4n) is 3.96. The maximum atomic E-state index is 3.58. The summed E-state index contributed by atoms with van der Waals surface area (Å²) < 4.78 is 0. The van der Waals surface area contributed by atoms with E-state index in [4.69, 9.17) is 0 Å². The minimum absolute atomic E-state index is 0.648. The summed E-state index contributed by atoms with van der Waals surface area (Å²) in [4.78, 5) is 2.62. The summed E-state index contributed by atoms with van der Waals surface area (Å²) in [7, 11) is 2.13. The van der Waals surface area contributed by atoms with Crippen molar-refractivity contribution < 1.29 is 0 Å². The largest absolute Gasteiger partial charge is 0.367 e. The summed E-state index contributed by atoms with van der Waals surface area (Å²) in [5.41, 5.74) is 2.99. The Morgan fingerprint density at radius 3 is 2.74 bits per heavy atom. The maximum absolute atomic E-state index is 3.58. The van der Waals surface area contributed by atoms with E-state index in [1.54, 1.807) is 0 Å². The quantitative estimate of drug-likeness (QED) is 0.892. The van der Waals surface area contributed by atoms with Gasteiger partial charge in [0, 0.05) is 24.3 Å². The van der Waals surface area contributed by atoms with E-state index < -0.39 is 0 Å². The van der Waals surface area contributed by atoms with E-state index in [2.05, 4.69) is 48.5 Å². The molecule has 3 rings (SSSR count). The summed E-state index contributed by atoms with van der Waals surface area (Å²) in [5.74, 6) is 0.880. The first kappa shape index (κ1) is 13.0. The molecule has 1 aromatic carbocycles.